The van der Waals surface area contributed by atoms with Crippen LogP contribution in [0.3, 0.4) is 0 Å². The van der Waals surface area contributed by atoms with E-state index in [9.17, 15) is 13.2 Å². The van der Waals surface area contributed by atoms with Gasteiger partial charge in [-0.05, 0) is 18.2 Å². The third kappa shape index (κ3) is 3.69. The first-order valence-electron chi connectivity index (χ1n) is 4.99. The Kier molecular flexibility index (Phi) is 4.65. The van der Waals surface area contributed by atoms with Crippen molar-refractivity contribution < 1.29 is 23.1 Å². The molecule has 0 saturated carbocycles. The van der Waals surface area contributed by atoms with Gasteiger partial charge in [0.2, 0.25) is 10.0 Å². The van der Waals surface area contributed by atoms with Gasteiger partial charge in [0, 0.05) is 13.7 Å². The lowest BCUT2D eigenvalue weighted by Gasteiger charge is -2.11. The van der Waals surface area contributed by atoms with Crippen molar-refractivity contribution in [3.8, 4) is 0 Å². The standard InChI is InChI=1S/C10H14N2O5S/c1-17-5-4-12-8-3-2-7(10(13)14)6-9(8)18(11,15)16/h2-3,6,12H,4-5H2,1H3,(H,13,14)(H2,11,15,16). The molecule has 0 atom stereocenters. The number of anilines is 1. The Labute approximate surface area is 105 Å². The Morgan fingerprint density at radius 1 is 1.50 bits per heavy atom. The van der Waals surface area contributed by atoms with Gasteiger partial charge in [0.25, 0.3) is 0 Å². The Morgan fingerprint density at radius 3 is 2.67 bits per heavy atom. The summed E-state index contributed by atoms with van der Waals surface area (Å²) in [5.41, 5.74) is 0.107. The monoisotopic (exact) mass is 274 g/mol. The zero-order chi connectivity index (χ0) is 13.8. The Balaban J connectivity index is 3.14. The van der Waals surface area contributed by atoms with Crippen molar-refractivity contribution in [2.24, 2.45) is 5.14 Å². The van der Waals surface area contributed by atoms with E-state index in [1.165, 1.54) is 19.2 Å². The van der Waals surface area contributed by atoms with Gasteiger partial charge in [-0.25, -0.2) is 18.4 Å². The van der Waals surface area contributed by atoms with Gasteiger partial charge in [0.05, 0.1) is 17.9 Å². The molecule has 0 radical (unpaired) electrons. The molecule has 1 aromatic carbocycles. The molecule has 1 aromatic rings. The fourth-order valence-electron chi connectivity index (χ4n) is 1.32. The maximum atomic E-state index is 11.4. The van der Waals surface area contributed by atoms with Crippen molar-refractivity contribution >= 4 is 21.7 Å². The quantitative estimate of drug-likeness (QED) is 0.632. The second-order valence-electron chi connectivity index (χ2n) is 3.48. The summed E-state index contributed by atoms with van der Waals surface area (Å²) in [6.45, 7) is 0.760. The molecule has 0 aromatic heterocycles. The van der Waals surface area contributed by atoms with Crippen LogP contribution in [0.25, 0.3) is 0 Å². The van der Waals surface area contributed by atoms with Crippen LogP contribution in [0.5, 0.6) is 0 Å². The molecule has 100 valence electrons. The van der Waals surface area contributed by atoms with Crippen LogP contribution in [-0.2, 0) is 14.8 Å². The van der Waals surface area contributed by atoms with E-state index in [2.05, 4.69) is 5.32 Å². The number of carbonyl (C=O) groups is 1. The number of carboxylic acids is 1. The number of hydrogen-bond donors (Lipinski definition) is 3. The molecule has 7 nitrogen and oxygen atoms in total. The van der Waals surface area contributed by atoms with Crippen LogP contribution in [0.1, 0.15) is 10.4 Å². The largest absolute Gasteiger partial charge is 0.478 e. The minimum Gasteiger partial charge on any atom is -0.478 e. The lowest BCUT2D eigenvalue weighted by molar-refractivity contribution is 0.0696. The maximum Gasteiger partial charge on any atom is 0.335 e. The second kappa shape index (κ2) is 5.80. The predicted octanol–water partition coefficient (Wildman–Crippen LogP) is 0.0905. The van der Waals surface area contributed by atoms with E-state index < -0.39 is 16.0 Å². The SMILES string of the molecule is COCCNc1ccc(C(=O)O)cc1S(N)(=O)=O. The van der Waals surface area contributed by atoms with Gasteiger partial charge >= 0.3 is 5.97 Å². The summed E-state index contributed by atoms with van der Waals surface area (Å²) < 4.78 is 27.6. The molecule has 0 saturated heterocycles. The highest BCUT2D eigenvalue weighted by molar-refractivity contribution is 7.89. The number of methoxy groups -OCH3 is 1. The summed E-state index contributed by atoms with van der Waals surface area (Å²) >= 11 is 0. The molecular formula is C10H14N2O5S. The highest BCUT2D eigenvalue weighted by Crippen LogP contribution is 2.21. The number of rotatable bonds is 6. The fourth-order valence-corrected chi connectivity index (χ4v) is 2.06. The minimum absolute atomic E-state index is 0.142. The molecule has 0 fully saturated rings. The number of hydrogen-bond acceptors (Lipinski definition) is 5. The highest BCUT2D eigenvalue weighted by atomic mass is 32.2. The summed E-state index contributed by atoms with van der Waals surface area (Å²) in [5, 5.41) is 16.7. The third-order valence-electron chi connectivity index (χ3n) is 2.16. The van der Waals surface area contributed by atoms with E-state index in [0.717, 1.165) is 6.07 Å². The Bertz CT molecular complexity index is 541. The number of sulfonamides is 1. The lowest BCUT2D eigenvalue weighted by atomic mass is 10.2. The first kappa shape index (κ1) is 14.4. The summed E-state index contributed by atoms with van der Waals surface area (Å²) in [6.07, 6.45) is 0. The smallest absolute Gasteiger partial charge is 0.335 e. The van der Waals surface area contributed by atoms with Crippen molar-refractivity contribution in [1.82, 2.24) is 0 Å². The molecule has 0 spiro atoms. The number of aromatic carboxylic acids is 1. The predicted molar refractivity (Wildman–Crippen MR) is 65.1 cm³/mol. The molecule has 0 amide bonds. The highest BCUT2D eigenvalue weighted by Gasteiger charge is 2.16. The summed E-state index contributed by atoms with van der Waals surface area (Å²) in [5.74, 6) is -1.22. The number of primary sulfonamides is 1. The average Bonchev–Trinajstić information content (AvgIpc) is 2.28. The van der Waals surface area contributed by atoms with Gasteiger partial charge < -0.3 is 15.2 Å². The molecule has 8 heteroatoms. The van der Waals surface area contributed by atoms with E-state index >= 15 is 0 Å². The normalized spacial score (nSPS) is 11.2. The Morgan fingerprint density at radius 2 is 2.17 bits per heavy atom. The second-order valence-corrected chi connectivity index (χ2v) is 5.01. The topological polar surface area (TPSA) is 119 Å². The van der Waals surface area contributed by atoms with Gasteiger partial charge in [-0.1, -0.05) is 0 Å². The first-order valence-corrected chi connectivity index (χ1v) is 6.54. The number of nitrogens with two attached hydrogens (primary N) is 1. The molecule has 4 N–H and O–H groups in total. The summed E-state index contributed by atoms with van der Waals surface area (Å²) in [4.78, 5) is 10.5. The van der Waals surface area contributed by atoms with Crippen molar-refractivity contribution in [2.45, 2.75) is 4.90 Å². The maximum absolute atomic E-state index is 11.4. The molecular weight excluding hydrogens is 260 g/mol. The van der Waals surface area contributed by atoms with Crippen LogP contribution >= 0.6 is 0 Å². The molecule has 0 aliphatic rings. The van der Waals surface area contributed by atoms with Gasteiger partial charge in [-0.2, -0.15) is 0 Å². The first-order chi connectivity index (χ1) is 8.36. The van der Waals surface area contributed by atoms with Crippen molar-refractivity contribution in [3.63, 3.8) is 0 Å². The zero-order valence-corrected chi connectivity index (χ0v) is 10.5. The number of carboxylic acid groups (broad SMARTS) is 1. The van der Waals surface area contributed by atoms with Gasteiger partial charge in [-0.15, -0.1) is 0 Å². The van der Waals surface area contributed by atoms with E-state index in [0.29, 0.717) is 13.2 Å². The van der Waals surface area contributed by atoms with E-state index in [-0.39, 0.29) is 16.1 Å². The number of nitrogens with one attached hydrogen (secondary N) is 1. The van der Waals surface area contributed by atoms with E-state index in [1.807, 2.05) is 0 Å². The van der Waals surface area contributed by atoms with Crippen molar-refractivity contribution in [3.05, 3.63) is 23.8 Å². The van der Waals surface area contributed by atoms with Gasteiger partial charge in [-0.3, -0.25) is 0 Å². The third-order valence-corrected chi connectivity index (χ3v) is 3.11. The fraction of sp³-hybridized carbons (Fsp3) is 0.300. The number of ether oxygens (including phenoxy) is 1. The molecule has 0 heterocycles. The van der Waals surface area contributed by atoms with Crippen LogP contribution in [0.15, 0.2) is 23.1 Å². The molecule has 0 bridgehead atoms. The molecule has 0 aliphatic heterocycles. The van der Waals surface area contributed by atoms with Crippen molar-refractivity contribution in [2.75, 3.05) is 25.6 Å². The van der Waals surface area contributed by atoms with Crippen LogP contribution < -0.4 is 10.5 Å². The lowest BCUT2D eigenvalue weighted by Crippen LogP contribution is -2.17. The summed E-state index contributed by atoms with van der Waals surface area (Å²) in [7, 11) is -2.48. The molecule has 18 heavy (non-hydrogen) atoms. The molecule has 1 rings (SSSR count). The van der Waals surface area contributed by atoms with Crippen LogP contribution in [-0.4, -0.2) is 39.8 Å². The van der Waals surface area contributed by atoms with Gasteiger partial charge in [0.15, 0.2) is 0 Å². The van der Waals surface area contributed by atoms with E-state index in [4.69, 9.17) is 15.0 Å². The number of benzene rings is 1. The zero-order valence-electron chi connectivity index (χ0n) is 9.71. The van der Waals surface area contributed by atoms with Crippen molar-refractivity contribution in [1.29, 1.82) is 0 Å². The average molecular weight is 274 g/mol. The van der Waals surface area contributed by atoms with Crippen LogP contribution in [0, 0.1) is 0 Å². The van der Waals surface area contributed by atoms with Gasteiger partial charge in [0.1, 0.15) is 4.90 Å². The summed E-state index contributed by atoms with van der Waals surface area (Å²) in [6, 6.07) is 3.68. The molecule has 0 unspecified atom stereocenters. The molecule has 0 aliphatic carbocycles. The minimum atomic E-state index is -3.99. The van der Waals surface area contributed by atoms with Crippen LogP contribution in [0.2, 0.25) is 0 Å². The van der Waals surface area contributed by atoms with E-state index in [1.54, 1.807) is 0 Å². The van der Waals surface area contributed by atoms with Crippen LogP contribution in [0.4, 0.5) is 5.69 Å². The Hall–Kier alpha value is -1.64.